The molecule has 10 heteroatoms. The van der Waals surface area contributed by atoms with Gasteiger partial charge in [0.15, 0.2) is 0 Å². The quantitative estimate of drug-likeness (QED) is 0.513. The number of para-hydroxylation sites is 1. The van der Waals surface area contributed by atoms with Gasteiger partial charge in [0.1, 0.15) is 16.9 Å². The molecule has 0 spiro atoms. The second kappa shape index (κ2) is 9.11. The lowest BCUT2D eigenvalue weighted by Crippen LogP contribution is -2.22. The standard InChI is InChI=1S/C20H18N6O3S/c1-11-8-16(29-26-11)24-18(27)12(2)30-20-13(10-21)9-15(17(22)25-20)19(28)23-14-6-4-3-5-7-14/h3-9,12H,1-2H3,(H2,22,25)(H,23,28)(H,24,27). The average molecular weight is 422 g/mol. The van der Waals surface area contributed by atoms with E-state index in [0.29, 0.717) is 11.4 Å². The second-order valence-electron chi connectivity index (χ2n) is 6.29. The number of aryl methyl sites for hydroxylation is 1. The van der Waals surface area contributed by atoms with Crippen molar-refractivity contribution in [3.05, 3.63) is 59.3 Å². The summed E-state index contributed by atoms with van der Waals surface area (Å²) in [6, 6.07) is 13.8. The number of aromatic nitrogens is 2. The molecule has 2 heterocycles. The molecule has 2 aromatic heterocycles. The molecule has 30 heavy (non-hydrogen) atoms. The molecule has 0 saturated heterocycles. The van der Waals surface area contributed by atoms with Gasteiger partial charge in [0.05, 0.1) is 22.1 Å². The molecule has 2 amide bonds. The number of nitrogens with two attached hydrogens (primary N) is 1. The molecule has 0 fully saturated rings. The third-order valence-corrected chi connectivity index (χ3v) is 5.05. The minimum atomic E-state index is -0.613. The van der Waals surface area contributed by atoms with Crippen LogP contribution in [0, 0.1) is 18.3 Å². The normalized spacial score (nSPS) is 11.4. The lowest BCUT2D eigenvalue weighted by atomic mass is 10.2. The van der Waals surface area contributed by atoms with Gasteiger partial charge in [-0.05, 0) is 32.0 Å². The van der Waals surface area contributed by atoms with Crippen LogP contribution in [0.2, 0.25) is 0 Å². The van der Waals surface area contributed by atoms with Crippen LogP contribution in [0.4, 0.5) is 17.4 Å². The van der Waals surface area contributed by atoms with Crippen LogP contribution in [-0.2, 0) is 4.79 Å². The highest BCUT2D eigenvalue weighted by molar-refractivity contribution is 8.00. The van der Waals surface area contributed by atoms with Crippen molar-refractivity contribution >= 4 is 41.0 Å². The summed E-state index contributed by atoms with van der Waals surface area (Å²) in [4.78, 5) is 29.1. The molecular weight excluding hydrogens is 404 g/mol. The Morgan fingerprint density at radius 2 is 1.97 bits per heavy atom. The lowest BCUT2D eigenvalue weighted by Gasteiger charge is -2.13. The molecule has 9 nitrogen and oxygen atoms in total. The highest BCUT2D eigenvalue weighted by Crippen LogP contribution is 2.28. The molecule has 152 valence electrons. The minimum absolute atomic E-state index is 0.0385. The predicted octanol–water partition coefficient (Wildman–Crippen LogP) is 3.20. The first-order valence-electron chi connectivity index (χ1n) is 8.85. The van der Waals surface area contributed by atoms with E-state index < -0.39 is 11.2 Å². The summed E-state index contributed by atoms with van der Waals surface area (Å²) in [7, 11) is 0. The number of nitrogen functional groups attached to an aromatic ring is 1. The van der Waals surface area contributed by atoms with E-state index in [1.807, 2.05) is 12.1 Å². The maximum Gasteiger partial charge on any atom is 0.259 e. The van der Waals surface area contributed by atoms with Gasteiger partial charge in [0.2, 0.25) is 11.8 Å². The molecule has 1 unspecified atom stereocenters. The van der Waals surface area contributed by atoms with Crippen molar-refractivity contribution in [1.82, 2.24) is 10.1 Å². The summed E-state index contributed by atoms with van der Waals surface area (Å²) in [6.07, 6.45) is 0. The van der Waals surface area contributed by atoms with Gasteiger partial charge in [-0.1, -0.05) is 35.1 Å². The Morgan fingerprint density at radius 3 is 2.60 bits per heavy atom. The van der Waals surface area contributed by atoms with E-state index in [-0.39, 0.29) is 33.8 Å². The van der Waals surface area contributed by atoms with Crippen LogP contribution >= 0.6 is 11.8 Å². The molecule has 0 aliphatic carbocycles. The van der Waals surface area contributed by atoms with Gasteiger partial charge < -0.3 is 15.6 Å². The van der Waals surface area contributed by atoms with E-state index in [1.165, 1.54) is 6.07 Å². The molecule has 0 radical (unpaired) electrons. The van der Waals surface area contributed by atoms with Crippen LogP contribution in [0.1, 0.15) is 28.5 Å². The number of nitriles is 1. The fraction of sp³-hybridized carbons (Fsp3) is 0.150. The molecular formula is C20H18N6O3S. The van der Waals surface area contributed by atoms with Crippen LogP contribution in [0.25, 0.3) is 0 Å². The number of anilines is 3. The summed E-state index contributed by atoms with van der Waals surface area (Å²) in [6.45, 7) is 3.39. The maximum atomic E-state index is 12.5. The van der Waals surface area contributed by atoms with Crippen LogP contribution in [0.3, 0.4) is 0 Å². The van der Waals surface area contributed by atoms with Crippen molar-refractivity contribution in [2.45, 2.75) is 24.1 Å². The monoisotopic (exact) mass is 422 g/mol. The van der Waals surface area contributed by atoms with Crippen LogP contribution in [0.15, 0.2) is 52.0 Å². The van der Waals surface area contributed by atoms with Gasteiger partial charge in [-0.3, -0.25) is 14.9 Å². The van der Waals surface area contributed by atoms with Gasteiger partial charge >= 0.3 is 0 Å². The third kappa shape index (κ3) is 4.95. The number of carbonyl (C=O) groups is 2. The number of rotatable bonds is 6. The molecule has 3 rings (SSSR count). The number of thioether (sulfide) groups is 1. The molecule has 4 N–H and O–H groups in total. The molecule has 0 aliphatic heterocycles. The van der Waals surface area contributed by atoms with E-state index in [2.05, 4.69) is 20.8 Å². The molecule has 1 atom stereocenters. The highest BCUT2D eigenvalue weighted by atomic mass is 32.2. The van der Waals surface area contributed by atoms with E-state index in [1.54, 1.807) is 44.2 Å². The van der Waals surface area contributed by atoms with Crippen LogP contribution in [-0.4, -0.2) is 27.2 Å². The first kappa shape index (κ1) is 20.9. The predicted molar refractivity (Wildman–Crippen MR) is 113 cm³/mol. The summed E-state index contributed by atoms with van der Waals surface area (Å²) in [5, 5.41) is 18.1. The van der Waals surface area contributed by atoms with Gasteiger partial charge in [-0.25, -0.2) is 4.98 Å². The number of amides is 2. The SMILES string of the molecule is Cc1cc(NC(=O)C(C)Sc2nc(N)c(C(=O)Nc3ccccc3)cc2C#N)on1. The van der Waals surface area contributed by atoms with E-state index >= 15 is 0 Å². The summed E-state index contributed by atoms with van der Waals surface area (Å²) < 4.78 is 4.97. The van der Waals surface area contributed by atoms with Crippen molar-refractivity contribution in [1.29, 1.82) is 5.26 Å². The van der Waals surface area contributed by atoms with Crippen molar-refractivity contribution in [2.75, 3.05) is 16.4 Å². The third-order valence-electron chi connectivity index (χ3n) is 3.95. The summed E-state index contributed by atoms with van der Waals surface area (Å²) >= 11 is 1.05. The van der Waals surface area contributed by atoms with Crippen molar-refractivity contribution in [2.24, 2.45) is 0 Å². The fourth-order valence-electron chi connectivity index (χ4n) is 2.45. The zero-order valence-electron chi connectivity index (χ0n) is 16.2. The first-order chi connectivity index (χ1) is 14.4. The Balaban J connectivity index is 1.75. The Hall–Kier alpha value is -3.84. The van der Waals surface area contributed by atoms with Gasteiger partial charge in [0.25, 0.3) is 5.91 Å². The average Bonchev–Trinajstić information content (AvgIpc) is 3.13. The molecule has 0 aliphatic rings. The number of nitrogens with zero attached hydrogens (tertiary/aromatic N) is 3. The Kier molecular flexibility index (Phi) is 6.34. The number of nitrogens with one attached hydrogen (secondary N) is 2. The van der Waals surface area contributed by atoms with Gasteiger partial charge in [-0.2, -0.15) is 5.26 Å². The van der Waals surface area contributed by atoms with Crippen LogP contribution < -0.4 is 16.4 Å². The number of benzene rings is 1. The van der Waals surface area contributed by atoms with Crippen molar-refractivity contribution in [3.63, 3.8) is 0 Å². The van der Waals surface area contributed by atoms with Crippen LogP contribution in [0.5, 0.6) is 0 Å². The zero-order valence-corrected chi connectivity index (χ0v) is 17.0. The molecule has 3 aromatic rings. The van der Waals surface area contributed by atoms with E-state index in [9.17, 15) is 14.9 Å². The maximum absolute atomic E-state index is 12.5. The summed E-state index contributed by atoms with van der Waals surface area (Å²) in [5.41, 5.74) is 7.40. The molecule has 0 bridgehead atoms. The van der Waals surface area contributed by atoms with E-state index in [0.717, 1.165) is 11.8 Å². The largest absolute Gasteiger partial charge is 0.383 e. The second-order valence-corrected chi connectivity index (χ2v) is 7.62. The minimum Gasteiger partial charge on any atom is -0.383 e. The number of hydrogen-bond donors (Lipinski definition) is 3. The molecule has 0 saturated carbocycles. The van der Waals surface area contributed by atoms with E-state index in [4.69, 9.17) is 10.3 Å². The van der Waals surface area contributed by atoms with Crippen molar-refractivity contribution in [3.8, 4) is 6.07 Å². The molecule has 1 aromatic carbocycles. The van der Waals surface area contributed by atoms with Gasteiger partial charge in [0, 0.05) is 11.8 Å². The zero-order chi connectivity index (χ0) is 21.7. The highest BCUT2D eigenvalue weighted by Gasteiger charge is 2.22. The Labute approximate surface area is 176 Å². The Bertz CT molecular complexity index is 1120. The lowest BCUT2D eigenvalue weighted by molar-refractivity contribution is -0.115. The summed E-state index contributed by atoms with van der Waals surface area (Å²) in [5.74, 6) is -0.647. The topological polar surface area (TPSA) is 147 Å². The first-order valence-corrected chi connectivity index (χ1v) is 9.73. The smallest absolute Gasteiger partial charge is 0.259 e. The number of hydrogen-bond acceptors (Lipinski definition) is 8. The van der Waals surface area contributed by atoms with Crippen molar-refractivity contribution < 1.29 is 14.1 Å². The van der Waals surface area contributed by atoms with Gasteiger partial charge in [-0.15, -0.1) is 0 Å². The number of carbonyl (C=O) groups excluding carboxylic acids is 2. The fourth-order valence-corrected chi connectivity index (χ4v) is 3.33. The number of pyridine rings is 1. The Morgan fingerprint density at radius 1 is 1.23 bits per heavy atom.